The van der Waals surface area contributed by atoms with Crippen molar-refractivity contribution < 1.29 is 18.0 Å². The summed E-state index contributed by atoms with van der Waals surface area (Å²) in [5, 5.41) is 3.59. The number of hydrogen-bond donors (Lipinski definition) is 1. The van der Waals surface area contributed by atoms with Crippen LogP contribution in [-0.2, 0) is 26.2 Å². The fourth-order valence-electron chi connectivity index (χ4n) is 4.26. The molecule has 0 aliphatic rings. The summed E-state index contributed by atoms with van der Waals surface area (Å²) in [6.07, 6.45) is 2.03. The molecule has 0 saturated heterocycles. The van der Waals surface area contributed by atoms with E-state index in [1.54, 1.807) is 54.6 Å². The van der Waals surface area contributed by atoms with Crippen molar-refractivity contribution in [2.45, 2.75) is 57.5 Å². The Morgan fingerprint density at radius 2 is 1.68 bits per heavy atom. The molecular weight excluding hydrogens is 649 g/mol. The molecule has 41 heavy (non-hydrogen) atoms. The minimum atomic E-state index is -4.15. The zero-order valence-electron chi connectivity index (χ0n) is 23.2. The number of aryl methyl sites for hydroxylation is 1. The predicted molar refractivity (Wildman–Crippen MR) is 169 cm³/mol. The van der Waals surface area contributed by atoms with Crippen molar-refractivity contribution in [3.63, 3.8) is 0 Å². The highest BCUT2D eigenvalue weighted by molar-refractivity contribution is 9.10. The molecule has 2 amide bonds. The van der Waals surface area contributed by atoms with Gasteiger partial charge in [-0.2, -0.15) is 0 Å². The van der Waals surface area contributed by atoms with E-state index in [2.05, 4.69) is 21.2 Å². The lowest BCUT2D eigenvalue weighted by molar-refractivity contribution is -0.140. The molecule has 1 atom stereocenters. The molecule has 3 aromatic rings. The van der Waals surface area contributed by atoms with Crippen molar-refractivity contribution in [2.75, 3.05) is 17.4 Å². The summed E-state index contributed by atoms with van der Waals surface area (Å²) in [5.74, 6) is -0.839. The summed E-state index contributed by atoms with van der Waals surface area (Å²) >= 11 is 15.8. The van der Waals surface area contributed by atoms with Gasteiger partial charge in [0.1, 0.15) is 12.6 Å². The molecule has 0 radical (unpaired) electrons. The van der Waals surface area contributed by atoms with E-state index >= 15 is 0 Å². The van der Waals surface area contributed by atoms with Crippen molar-refractivity contribution in [3.8, 4) is 0 Å². The molecule has 0 spiro atoms. The average Bonchev–Trinajstić information content (AvgIpc) is 2.93. The largest absolute Gasteiger partial charge is 0.354 e. The standard InChI is InChI=1S/C30H34BrCl2N3O4S/c1-4-6-16-34-30(38)28(5-2)35(19-22-12-15-26(32)27(33)17-22)29(37)20-36(24-9-7-8-23(31)18-24)41(39,40)25-13-10-21(3)11-14-25/h7-15,17-18,28H,4-6,16,19-20H2,1-3H3,(H,34,38)/t28-/m0/s1. The van der Waals surface area contributed by atoms with Gasteiger partial charge in [0.2, 0.25) is 11.8 Å². The second-order valence-electron chi connectivity index (χ2n) is 9.64. The number of nitrogens with one attached hydrogen (secondary N) is 1. The topological polar surface area (TPSA) is 86.8 Å². The van der Waals surface area contributed by atoms with E-state index in [0.717, 1.165) is 22.7 Å². The Morgan fingerprint density at radius 1 is 0.976 bits per heavy atom. The van der Waals surface area contributed by atoms with Gasteiger partial charge in [-0.3, -0.25) is 13.9 Å². The van der Waals surface area contributed by atoms with E-state index < -0.39 is 28.5 Å². The molecular formula is C30H34BrCl2N3O4S. The maximum atomic E-state index is 14.1. The van der Waals surface area contributed by atoms with Crippen LogP contribution in [0.2, 0.25) is 10.0 Å². The third-order valence-corrected chi connectivity index (χ3v) is 9.56. The summed E-state index contributed by atoms with van der Waals surface area (Å²) in [6, 6.07) is 17.3. The SMILES string of the molecule is CCCCNC(=O)[C@H](CC)N(Cc1ccc(Cl)c(Cl)c1)C(=O)CN(c1cccc(Br)c1)S(=O)(=O)c1ccc(C)cc1. The number of benzene rings is 3. The van der Waals surface area contributed by atoms with Crippen molar-refractivity contribution in [1.82, 2.24) is 10.2 Å². The van der Waals surface area contributed by atoms with Crippen LogP contribution in [0.1, 0.15) is 44.2 Å². The number of halogens is 3. The molecule has 0 heterocycles. The van der Waals surface area contributed by atoms with Gasteiger partial charge >= 0.3 is 0 Å². The number of hydrogen-bond acceptors (Lipinski definition) is 4. The maximum absolute atomic E-state index is 14.1. The van der Waals surface area contributed by atoms with E-state index in [1.807, 2.05) is 20.8 Å². The molecule has 0 fully saturated rings. The van der Waals surface area contributed by atoms with Gasteiger partial charge in [0.25, 0.3) is 10.0 Å². The number of amides is 2. The van der Waals surface area contributed by atoms with E-state index in [1.165, 1.54) is 17.0 Å². The smallest absolute Gasteiger partial charge is 0.264 e. The van der Waals surface area contributed by atoms with Crippen LogP contribution in [0, 0.1) is 6.92 Å². The Labute approximate surface area is 261 Å². The number of carbonyl (C=O) groups excluding carboxylic acids is 2. The van der Waals surface area contributed by atoms with Gasteiger partial charge in [-0.25, -0.2) is 8.42 Å². The van der Waals surface area contributed by atoms with Crippen molar-refractivity contribution in [3.05, 3.63) is 92.4 Å². The lowest BCUT2D eigenvalue weighted by atomic mass is 10.1. The van der Waals surface area contributed by atoms with Crippen LogP contribution in [0.4, 0.5) is 5.69 Å². The Morgan fingerprint density at radius 3 is 2.29 bits per heavy atom. The van der Waals surface area contributed by atoms with Crippen LogP contribution in [0.5, 0.6) is 0 Å². The summed E-state index contributed by atoms with van der Waals surface area (Å²) < 4.78 is 29.6. The minimum absolute atomic E-state index is 0.0341. The highest BCUT2D eigenvalue weighted by atomic mass is 79.9. The summed E-state index contributed by atoms with van der Waals surface area (Å²) in [5.41, 5.74) is 1.87. The van der Waals surface area contributed by atoms with Gasteiger partial charge < -0.3 is 10.2 Å². The van der Waals surface area contributed by atoms with E-state index in [9.17, 15) is 18.0 Å². The molecule has 0 aromatic heterocycles. The quantitative estimate of drug-likeness (QED) is 0.197. The molecule has 11 heteroatoms. The molecule has 220 valence electrons. The number of rotatable bonds is 13. The fraction of sp³-hybridized carbons (Fsp3) is 0.333. The van der Waals surface area contributed by atoms with Crippen molar-refractivity contribution in [2.24, 2.45) is 0 Å². The van der Waals surface area contributed by atoms with Crippen LogP contribution in [0.3, 0.4) is 0 Å². The molecule has 0 unspecified atom stereocenters. The van der Waals surface area contributed by atoms with Gasteiger partial charge in [0.05, 0.1) is 20.6 Å². The summed E-state index contributed by atoms with van der Waals surface area (Å²) in [7, 11) is -4.15. The Bertz CT molecular complexity index is 1470. The minimum Gasteiger partial charge on any atom is -0.354 e. The van der Waals surface area contributed by atoms with Crippen molar-refractivity contribution >= 4 is 66.7 Å². The summed E-state index contributed by atoms with van der Waals surface area (Å²) in [6.45, 7) is 5.69. The first-order valence-electron chi connectivity index (χ1n) is 13.3. The van der Waals surface area contributed by atoms with Crippen LogP contribution in [0.15, 0.2) is 76.1 Å². The van der Waals surface area contributed by atoms with Gasteiger partial charge in [-0.05, 0) is 67.8 Å². The summed E-state index contributed by atoms with van der Waals surface area (Å²) in [4.78, 5) is 28.8. The molecule has 3 rings (SSSR count). The first-order chi connectivity index (χ1) is 19.5. The van der Waals surface area contributed by atoms with Crippen LogP contribution in [-0.4, -0.2) is 44.3 Å². The van der Waals surface area contributed by atoms with Gasteiger partial charge in [-0.1, -0.05) is 89.2 Å². The van der Waals surface area contributed by atoms with Crippen LogP contribution in [0.25, 0.3) is 0 Å². The van der Waals surface area contributed by atoms with Gasteiger partial charge in [-0.15, -0.1) is 0 Å². The highest BCUT2D eigenvalue weighted by Gasteiger charge is 2.33. The fourth-order valence-corrected chi connectivity index (χ4v) is 6.37. The zero-order chi connectivity index (χ0) is 30.2. The lowest BCUT2D eigenvalue weighted by Crippen LogP contribution is -2.52. The monoisotopic (exact) mass is 681 g/mol. The zero-order valence-corrected chi connectivity index (χ0v) is 27.2. The number of nitrogens with zero attached hydrogens (tertiary/aromatic N) is 2. The first kappa shape index (κ1) is 32.9. The Hall–Kier alpha value is -2.59. The molecule has 0 aliphatic carbocycles. The number of carbonyl (C=O) groups is 2. The molecule has 1 N–H and O–H groups in total. The van der Waals surface area contributed by atoms with Crippen molar-refractivity contribution in [1.29, 1.82) is 0 Å². The number of sulfonamides is 1. The van der Waals surface area contributed by atoms with E-state index in [4.69, 9.17) is 23.2 Å². The molecule has 0 aliphatic heterocycles. The number of anilines is 1. The first-order valence-corrected chi connectivity index (χ1v) is 16.3. The molecule has 7 nitrogen and oxygen atoms in total. The third kappa shape index (κ3) is 8.70. The molecule has 0 bridgehead atoms. The molecule has 0 saturated carbocycles. The molecule has 3 aromatic carbocycles. The highest BCUT2D eigenvalue weighted by Crippen LogP contribution is 2.28. The second-order valence-corrected chi connectivity index (χ2v) is 13.2. The van der Waals surface area contributed by atoms with Crippen LogP contribution >= 0.6 is 39.1 Å². The van der Waals surface area contributed by atoms with Crippen LogP contribution < -0.4 is 9.62 Å². The Balaban J connectivity index is 2.05. The third-order valence-electron chi connectivity index (χ3n) is 6.54. The Kier molecular flexibility index (Phi) is 12.1. The van der Waals surface area contributed by atoms with Gasteiger partial charge in [0.15, 0.2) is 0 Å². The predicted octanol–water partition coefficient (Wildman–Crippen LogP) is 6.98. The lowest BCUT2D eigenvalue weighted by Gasteiger charge is -2.33. The van der Waals surface area contributed by atoms with E-state index in [-0.39, 0.29) is 17.3 Å². The van der Waals surface area contributed by atoms with Gasteiger partial charge in [0, 0.05) is 17.6 Å². The number of unbranched alkanes of at least 4 members (excludes halogenated alkanes) is 1. The normalized spacial score (nSPS) is 12.0. The average molecular weight is 683 g/mol. The maximum Gasteiger partial charge on any atom is 0.264 e. The second kappa shape index (κ2) is 15.0. The van der Waals surface area contributed by atoms with E-state index in [0.29, 0.717) is 38.7 Å².